The molecule has 2 aromatic rings. The van der Waals surface area contributed by atoms with Crippen LogP contribution < -0.4 is 5.73 Å². The molecule has 0 radical (unpaired) electrons. The van der Waals surface area contributed by atoms with Crippen molar-refractivity contribution in [2.45, 2.75) is 19.4 Å². The highest BCUT2D eigenvalue weighted by molar-refractivity contribution is 7.09. The Morgan fingerprint density at radius 1 is 1.41 bits per heavy atom. The molecule has 17 heavy (non-hydrogen) atoms. The predicted octanol–water partition coefficient (Wildman–Crippen LogP) is 2.26. The number of nitrogens with zero attached hydrogens (tertiary/aromatic N) is 1. The first-order valence-corrected chi connectivity index (χ1v) is 6.29. The maximum Gasteiger partial charge on any atom is 0.160 e. The topological polar surface area (TPSA) is 56.0 Å². The molecule has 1 atom stereocenters. The number of carbonyl (C=O) groups is 1. The minimum atomic E-state index is -0.557. The second-order valence-electron chi connectivity index (χ2n) is 3.89. The van der Waals surface area contributed by atoms with Crippen molar-refractivity contribution in [3.05, 3.63) is 52.0 Å². The van der Waals surface area contributed by atoms with E-state index in [0.29, 0.717) is 6.42 Å². The largest absolute Gasteiger partial charge is 0.318 e. The average Bonchev–Trinajstić information content (AvgIpc) is 2.75. The van der Waals surface area contributed by atoms with Crippen LogP contribution in [0.5, 0.6) is 0 Å². The standard InChI is InChI=1S/C13H14N2OS/c1-9-15-11(8-17-9)7-12(16)13(14)10-5-3-2-4-6-10/h2-6,8,13H,7,14H2,1H3/t13-/m1/s1. The average molecular weight is 246 g/mol. The highest BCUT2D eigenvalue weighted by Gasteiger charge is 2.16. The SMILES string of the molecule is Cc1nc(CC(=O)[C@H](N)c2ccccc2)cs1. The van der Waals surface area contributed by atoms with Crippen LogP contribution in [0.1, 0.15) is 22.3 Å². The zero-order valence-electron chi connectivity index (χ0n) is 9.59. The molecule has 0 unspecified atom stereocenters. The molecule has 2 N–H and O–H groups in total. The van der Waals surface area contributed by atoms with Gasteiger partial charge in [0.05, 0.1) is 23.2 Å². The summed E-state index contributed by atoms with van der Waals surface area (Å²) in [6.45, 7) is 1.93. The van der Waals surface area contributed by atoms with Crippen molar-refractivity contribution in [3.8, 4) is 0 Å². The lowest BCUT2D eigenvalue weighted by atomic mass is 10.0. The Morgan fingerprint density at radius 3 is 2.71 bits per heavy atom. The van der Waals surface area contributed by atoms with Gasteiger partial charge in [0.25, 0.3) is 0 Å². The van der Waals surface area contributed by atoms with Gasteiger partial charge in [-0.05, 0) is 12.5 Å². The third-order valence-corrected chi connectivity index (χ3v) is 3.35. The molecule has 0 fully saturated rings. The minimum Gasteiger partial charge on any atom is -0.318 e. The molecular formula is C13H14N2OS. The van der Waals surface area contributed by atoms with Gasteiger partial charge >= 0.3 is 0 Å². The van der Waals surface area contributed by atoms with Crippen LogP contribution in [0.15, 0.2) is 35.7 Å². The Bertz CT molecular complexity index is 507. The van der Waals surface area contributed by atoms with Gasteiger partial charge in [0.15, 0.2) is 5.78 Å². The highest BCUT2D eigenvalue weighted by atomic mass is 32.1. The smallest absolute Gasteiger partial charge is 0.160 e. The number of benzene rings is 1. The summed E-state index contributed by atoms with van der Waals surface area (Å²) in [6, 6.07) is 8.86. The van der Waals surface area contributed by atoms with Crippen molar-refractivity contribution in [2.75, 3.05) is 0 Å². The Kier molecular flexibility index (Phi) is 3.66. The molecule has 0 spiro atoms. The van der Waals surface area contributed by atoms with Gasteiger partial charge in [0.1, 0.15) is 0 Å². The third-order valence-electron chi connectivity index (χ3n) is 2.53. The van der Waals surface area contributed by atoms with Crippen molar-refractivity contribution in [1.82, 2.24) is 4.98 Å². The van der Waals surface area contributed by atoms with Crippen molar-refractivity contribution in [1.29, 1.82) is 0 Å². The van der Waals surface area contributed by atoms with Crippen molar-refractivity contribution < 1.29 is 4.79 Å². The maximum atomic E-state index is 12.0. The Morgan fingerprint density at radius 2 is 2.12 bits per heavy atom. The third kappa shape index (κ3) is 2.99. The highest BCUT2D eigenvalue weighted by Crippen LogP contribution is 2.15. The van der Waals surface area contributed by atoms with Gasteiger partial charge in [0, 0.05) is 5.38 Å². The molecule has 88 valence electrons. The summed E-state index contributed by atoms with van der Waals surface area (Å²) < 4.78 is 0. The lowest BCUT2D eigenvalue weighted by Crippen LogP contribution is -2.23. The van der Waals surface area contributed by atoms with Crippen LogP contribution >= 0.6 is 11.3 Å². The molecule has 0 aliphatic rings. The van der Waals surface area contributed by atoms with E-state index in [1.165, 1.54) is 0 Å². The number of carbonyl (C=O) groups excluding carboxylic acids is 1. The molecule has 0 bridgehead atoms. The maximum absolute atomic E-state index is 12.0. The fourth-order valence-electron chi connectivity index (χ4n) is 1.62. The second kappa shape index (κ2) is 5.21. The zero-order chi connectivity index (χ0) is 12.3. The number of nitrogens with two attached hydrogens (primary N) is 1. The first kappa shape index (κ1) is 12.0. The molecule has 0 saturated carbocycles. The molecule has 1 aromatic heterocycles. The number of thiazole rings is 1. The van der Waals surface area contributed by atoms with Gasteiger partial charge in [-0.3, -0.25) is 4.79 Å². The monoisotopic (exact) mass is 246 g/mol. The molecule has 0 aliphatic heterocycles. The minimum absolute atomic E-state index is 0.00139. The molecule has 1 heterocycles. The quantitative estimate of drug-likeness (QED) is 0.900. The van der Waals surface area contributed by atoms with E-state index in [4.69, 9.17) is 5.73 Å². The fraction of sp³-hybridized carbons (Fsp3) is 0.231. The lowest BCUT2D eigenvalue weighted by molar-refractivity contribution is -0.119. The summed E-state index contributed by atoms with van der Waals surface area (Å²) in [5.41, 5.74) is 7.58. The van der Waals surface area contributed by atoms with E-state index in [0.717, 1.165) is 16.3 Å². The van der Waals surface area contributed by atoms with E-state index in [-0.39, 0.29) is 5.78 Å². The molecule has 2 rings (SSSR count). The summed E-state index contributed by atoms with van der Waals surface area (Å²) in [5.74, 6) is 0.00139. The fourth-order valence-corrected chi connectivity index (χ4v) is 2.24. The number of Topliss-reactive ketones (excluding diaryl/α,β-unsaturated/α-hetero) is 1. The van der Waals surface area contributed by atoms with Gasteiger partial charge in [-0.15, -0.1) is 11.3 Å². The van der Waals surface area contributed by atoms with Crippen molar-refractivity contribution in [2.24, 2.45) is 5.73 Å². The van der Waals surface area contributed by atoms with Gasteiger partial charge in [-0.1, -0.05) is 30.3 Å². The van der Waals surface area contributed by atoms with E-state index in [1.54, 1.807) is 11.3 Å². The van der Waals surface area contributed by atoms with Crippen LogP contribution in [0.2, 0.25) is 0 Å². The summed E-state index contributed by atoms with van der Waals surface area (Å²) >= 11 is 1.55. The normalized spacial score (nSPS) is 12.4. The zero-order valence-corrected chi connectivity index (χ0v) is 10.4. The van der Waals surface area contributed by atoms with Gasteiger partial charge in [0.2, 0.25) is 0 Å². The van der Waals surface area contributed by atoms with Crippen LogP contribution in [0.25, 0.3) is 0 Å². The number of aryl methyl sites for hydroxylation is 1. The summed E-state index contributed by atoms with van der Waals surface area (Å²) in [6.07, 6.45) is 0.306. The summed E-state index contributed by atoms with van der Waals surface area (Å²) in [5, 5.41) is 2.88. The molecular weight excluding hydrogens is 232 g/mol. The predicted molar refractivity (Wildman–Crippen MR) is 68.9 cm³/mol. The number of aromatic nitrogens is 1. The first-order valence-electron chi connectivity index (χ1n) is 5.41. The van der Waals surface area contributed by atoms with E-state index in [9.17, 15) is 4.79 Å². The van der Waals surface area contributed by atoms with Gasteiger partial charge in [-0.2, -0.15) is 0 Å². The Labute approximate surface area is 104 Å². The number of rotatable bonds is 4. The Hall–Kier alpha value is -1.52. The molecule has 4 heteroatoms. The molecule has 1 aromatic carbocycles. The van der Waals surface area contributed by atoms with E-state index in [1.807, 2.05) is 42.6 Å². The number of hydrogen-bond acceptors (Lipinski definition) is 4. The lowest BCUT2D eigenvalue weighted by Gasteiger charge is -2.09. The van der Waals surface area contributed by atoms with Crippen LogP contribution in [0, 0.1) is 6.92 Å². The molecule has 0 saturated heterocycles. The van der Waals surface area contributed by atoms with Crippen molar-refractivity contribution in [3.63, 3.8) is 0 Å². The van der Waals surface area contributed by atoms with Crippen LogP contribution in [0.3, 0.4) is 0 Å². The van der Waals surface area contributed by atoms with Gasteiger partial charge < -0.3 is 5.73 Å². The van der Waals surface area contributed by atoms with Crippen molar-refractivity contribution >= 4 is 17.1 Å². The summed E-state index contributed by atoms with van der Waals surface area (Å²) in [7, 11) is 0. The van der Waals surface area contributed by atoms with E-state index < -0.39 is 6.04 Å². The van der Waals surface area contributed by atoms with E-state index in [2.05, 4.69) is 4.98 Å². The Balaban J connectivity index is 2.06. The molecule has 0 amide bonds. The number of ketones is 1. The first-order chi connectivity index (χ1) is 8.16. The summed E-state index contributed by atoms with van der Waals surface area (Å²) in [4.78, 5) is 16.2. The second-order valence-corrected chi connectivity index (χ2v) is 4.95. The molecule has 0 aliphatic carbocycles. The van der Waals surface area contributed by atoms with Gasteiger partial charge in [-0.25, -0.2) is 4.98 Å². The number of hydrogen-bond donors (Lipinski definition) is 1. The van der Waals surface area contributed by atoms with E-state index >= 15 is 0 Å². The molecule has 3 nitrogen and oxygen atoms in total. The van der Waals surface area contributed by atoms with Crippen LogP contribution in [-0.4, -0.2) is 10.8 Å². The van der Waals surface area contributed by atoms with Crippen LogP contribution in [-0.2, 0) is 11.2 Å². The van der Waals surface area contributed by atoms with Crippen LogP contribution in [0.4, 0.5) is 0 Å².